The predicted molar refractivity (Wildman–Crippen MR) is 67.1 cm³/mol. The zero-order valence-corrected chi connectivity index (χ0v) is 10.4. The molecule has 1 fully saturated rings. The Bertz CT molecular complexity index is 455. The minimum absolute atomic E-state index is 0.0162. The Balaban J connectivity index is 2.29. The number of methoxy groups -OCH3 is 1. The first-order valence-electron chi connectivity index (χ1n) is 5.72. The highest BCUT2D eigenvalue weighted by molar-refractivity contribution is 5.65. The molecule has 2 rings (SSSR count). The summed E-state index contributed by atoms with van der Waals surface area (Å²) >= 11 is 0. The van der Waals surface area contributed by atoms with Crippen LogP contribution in [0.2, 0.25) is 0 Å². The Morgan fingerprint density at radius 2 is 2.33 bits per heavy atom. The third-order valence-electron chi connectivity index (χ3n) is 3.06. The maximum atomic E-state index is 11.0. The van der Waals surface area contributed by atoms with Crippen molar-refractivity contribution in [3.8, 4) is 5.75 Å². The molecule has 0 aromatic heterocycles. The highest BCUT2D eigenvalue weighted by atomic mass is 16.6. The van der Waals surface area contributed by atoms with Crippen molar-refractivity contribution in [1.29, 1.82) is 0 Å². The molecular weight excluding hydrogens is 236 g/mol. The maximum Gasteiger partial charge on any atom is 0.296 e. The Morgan fingerprint density at radius 3 is 2.89 bits per heavy atom. The molecule has 98 valence electrons. The monoisotopic (exact) mass is 252 g/mol. The lowest BCUT2D eigenvalue weighted by Crippen LogP contribution is -2.35. The van der Waals surface area contributed by atoms with Crippen molar-refractivity contribution in [2.45, 2.75) is 18.9 Å². The average Bonchev–Trinajstić information content (AvgIpc) is 2.76. The van der Waals surface area contributed by atoms with Gasteiger partial charge in [0.2, 0.25) is 0 Å². The van der Waals surface area contributed by atoms with Gasteiger partial charge in [0.1, 0.15) is 11.4 Å². The van der Waals surface area contributed by atoms with Crippen LogP contribution < -0.4 is 10.1 Å². The summed E-state index contributed by atoms with van der Waals surface area (Å²) in [5.41, 5.74) is 0.260. The fraction of sp³-hybridized carbons (Fsp3) is 0.500. The fourth-order valence-electron chi connectivity index (χ4n) is 1.99. The summed E-state index contributed by atoms with van der Waals surface area (Å²) in [6, 6.07) is 4.79. The molecule has 6 heteroatoms. The summed E-state index contributed by atoms with van der Waals surface area (Å²) in [5, 5.41) is 14.2. The van der Waals surface area contributed by atoms with E-state index in [9.17, 15) is 10.1 Å². The Morgan fingerprint density at radius 1 is 1.56 bits per heavy atom. The van der Waals surface area contributed by atoms with Gasteiger partial charge in [0.05, 0.1) is 30.2 Å². The van der Waals surface area contributed by atoms with Crippen LogP contribution in [0.3, 0.4) is 0 Å². The molecule has 18 heavy (non-hydrogen) atoms. The van der Waals surface area contributed by atoms with E-state index < -0.39 is 4.92 Å². The molecule has 0 radical (unpaired) electrons. The van der Waals surface area contributed by atoms with Crippen LogP contribution in [0.15, 0.2) is 18.2 Å². The van der Waals surface area contributed by atoms with E-state index in [0.717, 1.165) is 6.42 Å². The van der Waals surface area contributed by atoms with Gasteiger partial charge in [0.15, 0.2) is 0 Å². The molecule has 0 amide bonds. The number of nitrogens with zero attached hydrogens (tertiary/aromatic N) is 1. The van der Waals surface area contributed by atoms with Crippen LogP contribution in [-0.2, 0) is 4.74 Å². The summed E-state index contributed by atoms with van der Waals surface area (Å²) in [4.78, 5) is 10.6. The van der Waals surface area contributed by atoms with Crippen LogP contribution in [0, 0.1) is 10.1 Å². The SMILES string of the molecule is COc1ccc(NC2(C)CCOC2)c([N+](=O)[O-])c1. The molecule has 0 saturated carbocycles. The van der Waals surface area contributed by atoms with Crippen LogP contribution in [-0.4, -0.2) is 30.8 Å². The van der Waals surface area contributed by atoms with Crippen molar-refractivity contribution in [3.63, 3.8) is 0 Å². The Kier molecular flexibility index (Phi) is 3.38. The van der Waals surface area contributed by atoms with Gasteiger partial charge in [0, 0.05) is 6.61 Å². The van der Waals surface area contributed by atoms with E-state index >= 15 is 0 Å². The molecule has 1 heterocycles. The number of benzene rings is 1. The van der Waals surface area contributed by atoms with E-state index in [2.05, 4.69) is 5.32 Å². The quantitative estimate of drug-likeness (QED) is 0.656. The molecule has 1 aromatic rings. The third kappa shape index (κ3) is 2.53. The minimum Gasteiger partial charge on any atom is -0.496 e. The lowest BCUT2D eigenvalue weighted by Gasteiger charge is -2.24. The van der Waals surface area contributed by atoms with Gasteiger partial charge in [-0.2, -0.15) is 0 Å². The number of nitrogens with one attached hydrogen (secondary N) is 1. The maximum absolute atomic E-state index is 11.0. The molecule has 6 nitrogen and oxygen atoms in total. The lowest BCUT2D eigenvalue weighted by atomic mass is 10.0. The van der Waals surface area contributed by atoms with Crippen molar-refractivity contribution < 1.29 is 14.4 Å². The summed E-state index contributed by atoms with van der Waals surface area (Å²) in [5.74, 6) is 0.472. The van der Waals surface area contributed by atoms with Crippen LogP contribution in [0.25, 0.3) is 0 Å². The zero-order chi connectivity index (χ0) is 13.2. The second-order valence-electron chi connectivity index (χ2n) is 4.63. The fourth-order valence-corrected chi connectivity index (χ4v) is 1.99. The number of hydrogen-bond donors (Lipinski definition) is 1. The van der Waals surface area contributed by atoms with Gasteiger partial charge in [-0.05, 0) is 25.5 Å². The molecule has 0 bridgehead atoms. The Labute approximate surface area is 105 Å². The third-order valence-corrected chi connectivity index (χ3v) is 3.06. The summed E-state index contributed by atoms with van der Waals surface area (Å²) in [7, 11) is 1.48. The van der Waals surface area contributed by atoms with E-state index in [-0.39, 0.29) is 11.2 Å². The topological polar surface area (TPSA) is 73.6 Å². The molecule has 0 aliphatic carbocycles. The minimum atomic E-state index is -0.413. The summed E-state index contributed by atoms with van der Waals surface area (Å²) < 4.78 is 10.3. The van der Waals surface area contributed by atoms with E-state index in [1.165, 1.54) is 13.2 Å². The van der Waals surface area contributed by atoms with Gasteiger partial charge < -0.3 is 14.8 Å². The largest absolute Gasteiger partial charge is 0.496 e. The smallest absolute Gasteiger partial charge is 0.296 e. The van der Waals surface area contributed by atoms with Gasteiger partial charge in [-0.15, -0.1) is 0 Å². The molecule has 0 spiro atoms. The number of anilines is 1. The van der Waals surface area contributed by atoms with Crippen LogP contribution in [0.1, 0.15) is 13.3 Å². The molecule has 1 atom stereocenters. The Hall–Kier alpha value is -1.82. The molecular formula is C12H16N2O4. The van der Waals surface area contributed by atoms with Gasteiger partial charge >= 0.3 is 0 Å². The average molecular weight is 252 g/mol. The van der Waals surface area contributed by atoms with Gasteiger partial charge in [-0.25, -0.2) is 0 Å². The molecule has 1 saturated heterocycles. The van der Waals surface area contributed by atoms with Crippen molar-refractivity contribution in [1.82, 2.24) is 0 Å². The predicted octanol–water partition coefficient (Wildman–Crippen LogP) is 2.19. The zero-order valence-electron chi connectivity index (χ0n) is 10.4. The number of nitro benzene ring substituents is 1. The molecule has 1 unspecified atom stereocenters. The highest BCUT2D eigenvalue weighted by Crippen LogP contribution is 2.33. The molecule has 1 N–H and O–H groups in total. The van der Waals surface area contributed by atoms with Crippen molar-refractivity contribution in [2.24, 2.45) is 0 Å². The molecule has 1 aliphatic rings. The normalized spacial score (nSPS) is 22.8. The number of ether oxygens (including phenoxy) is 2. The second kappa shape index (κ2) is 4.81. The first kappa shape index (κ1) is 12.6. The van der Waals surface area contributed by atoms with Crippen molar-refractivity contribution >= 4 is 11.4 Å². The van der Waals surface area contributed by atoms with Crippen LogP contribution in [0.4, 0.5) is 11.4 Å². The van der Waals surface area contributed by atoms with Crippen LogP contribution in [0.5, 0.6) is 5.75 Å². The van der Waals surface area contributed by atoms with Gasteiger partial charge in [-0.1, -0.05) is 0 Å². The number of rotatable bonds is 4. The first-order chi connectivity index (χ1) is 8.54. The first-order valence-corrected chi connectivity index (χ1v) is 5.72. The van der Waals surface area contributed by atoms with Gasteiger partial charge in [-0.3, -0.25) is 10.1 Å². The van der Waals surface area contributed by atoms with Crippen molar-refractivity contribution in [2.75, 3.05) is 25.6 Å². The summed E-state index contributed by atoms with van der Waals surface area (Å²) in [6.45, 7) is 3.22. The second-order valence-corrected chi connectivity index (χ2v) is 4.63. The number of hydrogen-bond acceptors (Lipinski definition) is 5. The molecule has 1 aliphatic heterocycles. The van der Waals surface area contributed by atoms with Crippen molar-refractivity contribution in [3.05, 3.63) is 28.3 Å². The molecule has 1 aromatic carbocycles. The number of nitro groups is 1. The lowest BCUT2D eigenvalue weighted by molar-refractivity contribution is -0.384. The van der Waals surface area contributed by atoms with E-state index in [1.54, 1.807) is 12.1 Å². The van der Waals surface area contributed by atoms with Gasteiger partial charge in [0.25, 0.3) is 5.69 Å². The van der Waals surface area contributed by atoms with E-state index in [1.807, 2.05) is 6.92 Å². The van der Waals surface area contributed by atoms with E-state index in [0.29, 0.717) is 24.7 Å². The van der Waals surface area contributed by atoms with Crippen LogP contribution >= 0.6 is 0 Å². The highest BCUT2D eigenvalue weighted by Gasteiger charge is 2.31. The summed E-state index contributed by atoms with van der Waals surface area (Å²) in [6.07, 6.45) is 0.830. The van der Waals surface area contributed by atoms with E-state index in [4.69, 9.17) is 9.47 Å². The standard InChI is InChI=1S/C12H16N2O4/c1-12(5-6-18-8-12)13-10-4-3-9(17-2)7-11(10)14(15)16/h3-4,7,13H,5-6,8H2,1-2H3.